The first-order valence-electron chi connectivity index (χ1n) is 4.02. The van der Waals surface area contributed by atoms with Gasteiger partial charge in [-0.25, -0.2) is 0 Å². The smallest absolute Gasteiger partial charge is 0.159 e. The second kappa shape index (κ2) is 5.53. The average molecular weight is 164 g/mol. The molecule has 0 aromatic rings. The molecule has 0 spiro atoms. The molecule has 1 nitrogen and oxygen atoms in total. The van der Waals surface area contributed by atoms with Crippen LogP contribution in [0.15, 0.2) is 36.0 Å². The van der Waals surface area contributed by atoms with E-state index in [1.807, 2.05) is 26.8 Å². The minimum absolute atomic E-state index is 0.158. The lowest BCUT2D eigenvalue weighted by atomic mass is 10.1. The fourth-order valence-electron chi connectivity index (χ4n) is 0.908. The van der Waals surface area contributed by atoms with E-state index in [1.54, 1.807) is 12.2 Å². The van der Waals surface area contributed by atoms with Crippen LogP contribution in [0, 0.1) is 0 Å². The quantitative estimate of drug-likeness (QED) is 0.461. The Labute approximate surface area is 74.5 Å². The zero-order valence-electron chi connectivity index (χ0n) is 8.05. The summed E-state index contributed by atoms with van der Waals surface area (Å²) in [6.45, 7) is 9.34. The van der Waals surface area contributed by atoms with Crippen molar-refractivity contribution in [2.75, 3.05) is 0 Å². The molecule has 0 bridgehead atoms. The summed E-state index contributed by atoms with van der Waals surface area (Å²) in [5.74, 6) is 0.158. The Morgan fingerprint density at radius 1 is 1.33 bits per heavy atom. The van der Waals surface area contributed by atoms with Crippen LogP contribution in [0.4, 0.5) is 0 Å². The van der Waals surface area contributed by atoms with Crippen LogP contribution in [0.5, 0.6) is 0 Å². The fraction of sp³-hybridized carbons (Fsp3) is 0.364. The van der Waals surface area contributed by atoms with Crippen LogP contribution < -0.4 is 0 Å². The summed E-state index contributed by atoms with van der Waals surface area (Å²) in [6.07, 6.45) is 5.72. The molecule has 0 aromatic heterocycles. The summed E-state index contributed by atoms with van der Waals surface area (Å²) in [5.41, 5.74) is 2.10. The van der Waals surface area contributed by atoms with E-state index in [0.717, 1.165) is 11.1 Å². The van der Waals surface area contributed by atoms with Gasteiger partial charge in [0.15, 0.2) is 5.78 Å². The Bertz CT molecular complexity index is 227. The summed E-state index contributed by atoms with van der Waals surface area (Å²) < 4.78 is 0. The van der Waals surface area contributed by atoms with Crippen molar-refractivity contribution < 1.29 is 4.79 Å². The molecular formula is C11H16O. The van der Waals surface area contributed by atoms with Gasteiger partial charge in [-0.1, -0.05) is 29.9 Å². The molecule has 0 saturated heterocycles. The molecular weight excluding hydrogens is 148 g/mol. The first-order valence-corrected chi connectivity index (χ1v) is 4.02. The van der Waals surface area contributed by atoms with Gasteiger partial charge < -0.3 is 0 Å². The van der Waals surface area contributed by atoms with Gasteiger partial charge >= 0.3 is 0 Å². The van der Waals surface area contributed by atoms with Crippen molar-refractivity contribution in [1.82, 2.24) is 0 Å². The van der Waals surface area contributed by atoms with Gasteiger partial charge in [0.1, 0.15) is 0 Å². The lowest BCUT2D eigenvalue weighted by molar-refractivity contribution is -0.114. The maximum atomic E-state index is 11.2. The largest absolute Gasteiger partial charge is 0.295 e. The summed E-state index contributed by atoms with van der Waals surface area (Å²) in [7, 11) is 0. The van der Waals surface area contributed by atoms with E-state index in [0.29, 0.717) is 6.42 Å². The summed E-state index contributed by atoms with van der Waals surface area (Å²) in [4.78, 5) is 11.2. The summed E-state index contributed by atoms with van der Waals surface area (Å²) >= 11 is 0. The number of allylic oxidation sites excluding steroid dienone is 5. The van der Waals surface area contributed by atoms with Crippen LogP contribution in [0.3, 0.4) is 0 Å². The van der Waals surface area contributed by atoms with Gasteiger partial charge in [-0.3, -0.25) is 4.79 Å². The predicted molar refractivity (Wildman–Crippen MR) is 53.0 cm³/mol. The molecule has 12 heavy (non-hydrogen) atoms. The van der Waals surface area contributed by atoms with E-state index in [-0.39, 0.29) is 5.78 Å². The van der Waals surface area contributed by atoms with Crippen LogP contribution >= 0.6 is 0 Å². The lowest BCUT2D eigenvalue weighted by Crippen LogP contribution is -1.93. The van der Waals surface area contributed by atoms with Crippen molar-refractivity contribution in [3.05, 3.63) is 36.0 Å². The number of hydrogen-bond donors (Lipinski definition) is 0. The molecule has 0 N–H and O–H groups in total. The summed E-state index contributed by atoms with van der Waals surface area (Å²) in [6, 6.07) is 0. The highest BCUT2D eigenvalue weighted by Gasteiger charge is 1.97. The molecule has 0 aliphatic rings. The van der Waals surface area contributed by atoms with Crippen LogP contribution in [0.2, 0.25) is 0 Å². The molecule has 66 valence electrons. The van der Waals surface area contributed by atoms with E-state index in [1.165, 1.54) is 0 Å². The standard InChI is InChI=1S/C11H16O/c1-5-6-10(4)8-11(12)7-9(2)3/h5-7H,1,8H2,2-4H3/b10-6+. The van der Waals surface area contributed by atoms with Gasteiger partial charge in [-0.15, -0.1) is 0 Å². The summed E-state index contributed by atoms with van der Waals surface area (Å²) in [5, 5.41) is 0. The first-order chi connectivity index (χ1) is 5.56. The highest BCUT2D eigenvalue weighted by atomic mass is 16.1. The minimum Gasteiger partial charge on any atom is -0.295 e. The molecule has 0 rings (SSSR count). The second-order valence-electron chi connectivity index (χ2n) is 3.11. The van der Waals surface area contributed by atoms with Gasteiger partial charge in [-0.2, -0.15) is 0 Å². The number of carbonyl (C=O) groups is 1. The normalized spacial score (nSPS) is 10.8. The number of hydrogen-bond acceptors (Lipinski definition) is 1. The maximum Gasteiger partial charge on any atom is 0.159 e. The highest BCUT2D eigenvalue weighted by Crippen LogP contribution is 2.03. The van der Waals surface area contributed by atoms with Crippen molar-refractivity contribution in [1.29, 1.82) is 0 Å². The predicted octanol–water partition coefficient (Wildman–Crippen LogP) is 3.04. The second-order valence-corrected chi connectivity index (χ2v) is 3.11. The van der Waals surface area contributed by atoms with E-state index >= 15 is 0 Å². The van der Waals surface area contributed by atoms with Crippen molar-refractivity contribution >= 4 is 5.78 Å². The van der Waals surface area contributed by atoms with E-state index in [9.17, 15) is 4.79 Å². The SMILES string of the molecule is C=C/C=C(\C)CC(=O)C=C(C)C. The molecule has 0 aliphatic carbocycles. The molecule has 0 radical (unpaired) electrons. The molecule has 1 heteroatoms. The lowest BCUT2D eigenvalue weighted by Gasteiger charge is -1.95. The average Bonchev–Trinajstić information content (AvgIpc) is 1.84. The zero-order chi connectivity index (χ0) is 9.56. The van der Waals surface area contributed by atoms with Crippen molar-refractivity contribution in [3.8, 4) is 0 Å². The third kappa shape index (κ3) is 5.66. The van der Waals surface area contributed by atoms with Crippen molar-refractivity contribution in [2.45, 2.75) is 27.2 Å². The van der Waals surface area contributed by atoms with Crippen LogP contribution in [-0.4, -0.2) is 5.78 Å². The van der Waals surface area contributed by atoms with Gasteiger partial charge in [0, 0.05) is 6.42 Å². The molecule has 0 fully saturated rings. The van der Waals surface area contributed by atoms with Gasteiger partial charge in [0.05, 0.1) is 0 Å². The number of ketones is 1. The molecule has 0 saturated carbocycles. The molecule has 0 amide bonds. The van der Waals surface area contributed by atoms with E-state index in [4.69, 9.17) is 0 Å². The monoisotopic (exact) mass is 164 g/mol. The molecule has 0 aliphatic heterocycles. The first kappa shape index (κ1) is 10.9. The number of carbonyl (C=O) groups excluding carboxylic acids is 1. The Morgan fingerprint density at radius 3 is 2.33 bits per heavy atom. The van der Waals surface area contributed by atoms with Gasteiger partial charge in [-0.05, 0) is 26.8 Å². The Kier molecular flexibility index (Phi) is 5.02. The molecule has 0 heterocycles. The minimum atomic E-state index is 0.158. The van der Waals surface area contributed by atoms with Crippen molar-refractivity contribution in [2.24, 2.45) is 0 Å². The van der Waals surface area contributed by atoms with Crippen LogP contribution in [0.1, 0.15) is 27.2 Å². The fourth-order valence-corrected chi connectivity index (χ4v) is 0.908. The molecule has 0 aromatic carbocycles. The third-order valence-electron chi connectivity index (χ3n) is 1.31. The topological polar surface area (TPSA) is 17.1 Å². The van der Waals surface area contributed by atoms with Gasteiger partial charge in [0.25, 0.3) is 0 Å². The van der Waals surface area contributed by atoms with Crippen molar-refractivity contribution in [3.63, 3.8) is 0 Å². The van der Waals surface area contributed by atoms with Crippen LogP contribution in [0.25, 0.3) is 0 Å². The molecule has 0 atom stereocenters. The Hall–Kier alpha value is -1.11. The third-order valence-corrected chi connectivity index (χ3v) is 1.31. The van der Waals surface area contributed by atoms with Crippen LogP contribution in [-0.2, 0) is 4.79 Å². The zero-order valence-corrected chi connectivity index (χ0v) is 8.05. The number of rotatable bonds is 4. The highest BCUT2D eigenvalue weighted by molar-refractivity contribution is 5.91. The van der Waals surface area contributed by atoms with E-state index < -0.39 is 0 Å². The van der Waals surface area contributed by atoms with E-state index in [2.05, 4.69) is 6.58 Å². The Morgan fingerprint density at radius 2 is 1.92 bits per heavy atom. The maximum absolute atomic E-state index is 11.2. The van der Waals surface area contributed by atoms with Gasteiger partial charge in [0.2, 0.25) is 0 Å². The Balaban J connectivity index is 4.11. The molecule has 0 unspecified atom stereocenters.